The van der Waals surface area contributed by atoms with E-state index in [2.05, 4.69) is 5.10 Å². The molecule has 0 aromatic carbocycles. The van der Waals surface area contributed by atoms with Crippen molar-refractivity contribution in [3.05, 3.63) is 10.7 Å². The zero-order valence-corrected chi connectivity index (χ0v) is 8.39. The van der Waals surface area contributed by atoms with Crippen LogP contribution in [0.25, 0.3) is 0 Å². The molecule has 1 heterocycles. The summed E-state index contributed by atoms with van der Waals surface area (Å²) in [5.74, 6) is 0.899. The fraction of sp³-hybridized carbons (Fsp3) is 0.625. The van der Waals surface area contributed by atoms with Crippen molar-refractivity contribution in [2.45, 2.75) is 33.2 Å². The minimum absolute atomic E-state index is 0.326. The number of rotatable bonds is 2. The van der Waals surface area contributed by atoms with Gasteiger partial charge in [0.25, 0.3) is 0 Å². The lowest BCUT2D eigenvalue weighted by Gasteiger charge is -1.98. The highest BCUT2D eigenvalue weighted by molar-refractivity contribution is 6.33. The Balaban J connectivity index is 3.16. The van der Waals surface area contributed by atoms with Gasteiger partial charge in [0.1, 0.15) is 10.8 Å². The molecule has 0 aliphatic rings. The third kappa shape index (κ3) is 1.41. The molecule has 12 heavy (non-hydrogen) atoms. The van der Waals surface area contributed by atoms with Crippen molar-refractivity contribution in [1.29, 1.82) is 0 Å². The quantitative estimate of drug-likeness (QED) is 0.772. The highest BCUT2D eigenvalue weighted by Crippen LogP contribution is 2.28. The van der Waals surface area contributed by atoms with Crippen molar-refractivity contribution >= 4 is 17.4 Å². The zero-order valence-electron chi connectivity index (χ0n) is 7.63. The Labute approximate surface area is 77.5 Å². The molecule has 4 heteroatoms. The van der Waals surface area contributed by atoms with Crippen LogP contribution in [-0.2, 0) is 6.54 Å². The molecule has 2 N–H and O–H groups in total. The largest absolute Gasteiger partial charge is 0.383 e. The number of aromatic nitrogens is 2. The van der Waals surface area contributed by atoms with Gasteiger partial charge >= 0.3 is 0 Å². The Hall–Kier alpha value is -0.700. The smallest absolute Gasteiger partial charge is 0.140 e. The standard InChI is InChI=1S/C8H14ClN3/c1-4-12-8(10)6(9)7(11-12)5(2)3/h5H,4,10H2,1-3H3. The van der Waals surface area contributed by atoms with Crippen LogP contribution < -0.4 is 5.73 Å². The lowest BCUT2D eigenvalue weighted by atomic mass is 10.1. The maximum Gasteiger partial charge on any atom is 0.140 e. The molecular formula is C8H14ClN3. The first-order valence-electron chi connectivity index (χ1n) is 4.09. The van der Waals surface area contributed by atoms with Crippen molar-refractivity contribution in [1.82, 2.24) is 9.78 Å². The average Bonchev–Trinajstić information content (AvgIpc) is 2.30. The second kappa shape index (κ2) is 3.35. The molecule has 0 spiro atoms. The predicted molar refractivity (Wildman–Crippen MR) is 51.4 cm³/mol. The summed E-state index contributed by atoms with van der Waals surface area (Å²) >= 11 is 5.98. The summed E-state index contributed by atoms with van der Waals surface area (Å²) in [5, 5.41) is 4.89. The number of nitrogens with two attached hydrogens (primary N) is 1. The lowest BCUT2D eigenvalue weighted by Crippen LogP contribution is -2.02. The van der Waals surface area contributed by atoms with E-state index >= 15 is 0 Å². The minimum atomic E-state index is 0.326. The van der Waals surface area contributed by atoms with E-state index in [9.17, 15) is 0 Å². The van der Waals surface area contributed by atoms with Gasteiger partial charge in [0, 0.05) is 6.54 Å². The highest BCUT2D eigenvalue weighted by atomic mass is 35.5. The third-order valence-corrected chi connectivity index (χ3v) is 2.19. The zero-order chi connectivity index (χ0) is 9.30. The molecule has 0 fully saturated rings. The monoisotopic (exact) mass is 187 g/mol. The van der Waals surface area contributed by atoms with E-state index in [4.69, 9.17) is 17.3 Å². The predicted octanol–water partition coefficient (Wildman–Crippen LogP) is 2.26. The molecule has 0 aliphatic carbocycles. The number of halogens is 1. The van der Waals surface area contributed by atoms with E-state index in [1.54, 1.807) is 4.68 Å². The van der Waals surface area contributed by atoms with Crippen LogP contribution in [0.2, 0.25) is 5.02 Å². The van der Waals surface area contributed by atoms with Crippen LogP contribution >= 0.6 is 11.6 Å². The van der Waals surface area contributed by atoms with Gasteiger partial charge in [-0.2, -0.15) is 5.10 Å². The Bertz CT molecular complexity index is 278. The number of nitrogens with zero attached hydrogens (tertiary/aromatic N) is 2. The second-order valence-corrected chi connectivity index (χ2v) is 3.43. The van der Waals surface area contributed by atoms with Crippen LogP contribution in [0.3, 0.4) is 0 Å². The average molecular weight is 188 g/mol. The summed E-state index contributed by atoms with van der Waals surface area (Å²) in [5.41, 5.74) is 6.61. The number of anilines is 1. The summed E-state index contributed by atoms with van der Waals surface area (Å²) in [6.45, 7) is 6.85. The van der Waals surface area contributed by atoms with Gasteiger partial charge in [-0.3, -0.25) is 0 Å². The van der Waals surface area contributed by atoms with E-state index in [-0.39, 0.29) is 0 Å². The van der Waals surface area contributed by atoms with Gasteiger partial charge in [0.2, 0.25) is 0 Å². The molecule has 0 unspecified atom stereocenters. The molecule has 68 valence electrons. The van der Waals surface area contributed by atoms with Gasteiger partial charge in [-0.25, -0.2) is 4.68 Å². The van der Waals surface area contributed by atoms with E-state index < -0.39 is 0 Å². The normalized spacial score (nSPS) is 11.1. The Morgan fingerprint density at radius 3 is 2.42 bits per heavy atom. The second-order valence-electron chi connectivity index (χ2n) is 3.05. The van der Waals surface area contributed by atoms with Crippen LogP contribution in [0.1, 0.15) is 32.4 Å². The first-order valence-corrected chi connectivity index (χ1v) is 4.47. The molecule has 1 aromatic heterocycles. The molecule has 0 saturated heterocycles. The first-order chi connectivity index (χ1) is 5.57. The van der Waals surface area contributed by atoms with Gasteiger partial charge < -0.3 is 5.73 Å². The summed E-state index contributed by atoms with van der Waals surface area (Å²) in [7, 11) is 0. The van der Waals surface area contributed by atoms with Crippen molar-refractivity contribution in [3.8, 4) is 0 Å². The van der Waals surface area contributed by atoms with E-state index in [1.807, 2.05) is 20.8 Å². The van der Waals surface area contributed by atoms with Crippen molar-refractivity contribution in [2.75, 3.05) is 5.73 Å². The molecule has 1 rings (SSSR count). The first kappa shape index (κ1) is 9.39. The molecule has 0 atom stereocenters. The number of hydrogen-bond donors (Lipinski definition) is 1. The van der Waals surface area contributed by atoms with E-state index in [0.717, 1.165) is 12.2 Å². The van der Waals surface area contributed by atoms with Crippen molar-refractivity contribution in [3.63, 3.8) is 0 Å². The minimum Gasteiger partial charge on any atom is -0.383 e. The van der Waals surface area contributed by atoms with Crippen molar-refractivity contribution < 1.29 is 0 Å². The molecule has 1 aromatic rings. The molecular weight excluding hydrogens is 174 g/mol. The van der Waals surface area contributed by atoms with Gasteiger partial charge in [-0.05, 0) is 12.8 Å². The summed E-state index contributed by atoms with van der Waals surface area (Å²) in [4.78, 5) is 0. The highest BCUT2D eigenvalue weighted by Gasteiger charge is 2.14. The lowest BCUT2D eigenvalue weighted by molar-refractivity contribution is 0.643. The van der Waals surface area contributed by atoms with Crippen LogP contribution in [0.15, 0.2) is 0 Å². The Morgan fingerprint density at radius 2 is 2.17 bits per heavy atom. The van der Waals surface area contributed by atoms with Gasteiger partial charge in [0.05, 0.1) is 5.69 Å². The van der Waals surface area contributed by atoms with Gasteiger partial charge in [0.15, 0.2) is 0 Å². The van der Waals surface area contributed by atoms with Crippen LogP contribution in [0.4, 0.5) is 5.82 Å². The molecule has 0 radical (unpaired) electrons. The summed E-state index contributed by atoms with van der Waals surface area (Å²) in [6.07, 6.45) is 0. The topological polar surface area (TPSA) is 43.8 Å². The maximum absolute atomic E-state index is 5.98. The molecule has 0 amide bonds. The van der Waals surface area contributed by atoms with Gasteiger partial charge in [-0.15, -0.1) is 0 Å². The fourth-order valence-corrected chi connectivity index (χ4v) is 1.44. The van der Waals surface area contributed by atoms with E-state index in [1.165, 1.54) is 0 Å². The summed E-state index contributed by atoms with van der Waals surface area (Å²) < 4.78 is 1.72. The molecule has 0 aliphatic heterocycles. The number of aryl methyl sites for hydroxylation is 1. The van der Waals surface area contributed by atoms with Crippen LogP contribution in [0, 0.1) is 0 Å². The Kier molecular flexibility index (Phi) is 2.62. The molecule has 3 nitrogen and oxygen atoms in total. The van der Waals surface area contributed by atoms with Gasteiger partial charge in [-0.1, -0.05) is 25.4 Å². The fourth-order valence-electron chi connectivity index (χ4n) is 1.08. The number of nitrogen functional groups attached to an aromatic ring is 1. The number of hydrogen-bond acceptors (Lipinski definition) is 2. The van der Waals surface area contributed by atoms with Crippen LogP contribution in [0.5, 0.6) is 0 Å². The summed E-state index contributed by atoms with van der Waals surface area (Å²) in [6, 6.07) is 0. The molecule has 0 saturated carbocycles. The SMILES string of the molecule is CCn1nc(C(C)C)c(Cl)c1N. The third-order valence-electron chi connectivity index (χ3n) is 1.80. The van der Waals surface area contributed by atoms with E-state index in [0.29, 0.717) is 16.8 Å². The Morgan fingerprint density at radius 1 is 1.58 bits per heavy atom. The maximum atomic E-state index is 5.98. The van der Waals surface area contributed by atoms with Crippen LogP contribution in [-0.4, -0.2) is 9.78 Å². The molecule has 0 bridgehead atoms. The van der Waals surface area contributed by atoms with Crippen molar-refractivity contribution in [2.24, 2.45) is 0 Å².